The number of hydrogen-bond donors (Lipinski definition) is 4. The van der Waals surface area contributed by atoms with Gasteiger partial charge in [-0.05, 0) is 41.7 Å². The van der Waals surface area contributed by atoms with Crippen molar-refractivity contribution in [1.82, 2.24) is 0 Å². The molecular weight excluding hydrogens is 286 g/mol. The molecule has 6 heteroatoms. The summed E-state index contributed by atoms with van der Waals surface area (Å²) in [5.74, 6) is 0.624. The average molecular weight is 307 g/mol. The molecule has 1 aromatic carbocycles. The van der Waals surface area contributed by atoms with E-state index in [2.05, 4.69) is 0 Å². The monoisotopic (exact) mass is 307 g/mol. The third kappa shape index (κ3) is 2.15. The van der Waals surface area contributed by atoms with E-state index in [-0.39, 0.29) is 17.7 Å². The zero-order valence-electron chi connectivity index (χ0n) is 12.6. The van der Waals surface area contributed by atoms with Gasteiger partial charge in [-0.15, -0.1) is 0 Å². The first-order valence-electron chi connectivity index (χ1n) is 7.27. The fourth-order valence-electron chi connectivity index (χ4n) is 3.63. The highest BCUT2D eigenvalue weighted by molar-refractivity contribution is 5.54. The van der Waals surface area contributed by atoms with Crippen LogP contribution in [0.4, 0.5) is 0 Å². The normalized spacial score (nSPS) is 30.6. The standard InChI is InChI=1S/C16H21NO5/c1-21-13-4-7-3-10(17)14-9(8(7)5-11(13)18)6-12(19)15(20)16(14)22-2/h4-5,9-10,12,15,18-20H,3,6,17H2,1-2H3/t9?,10?,12-,15-/m0/s1. The summed E-state index contributed by atoms with van der Waals surface area (Å²) in [5.41, 5.74) is 8.96. The number of rotatable bonds is 2. The Kier molecular flexibility index (Phi) is 3.76. The van der Waals surface area contributed by atoms with E-state index in [0.29, 0.717) is 24.4 Å². The zero-order chi connectivity index (χ0) is 16.0. The smallest absolute Gasteiger partial charge is 0.160 e. The van der Waals surface area contributed by atoms with Crippen molar-refractivity contribution < 1.29 is 24.8 Å². The molecule has 2 aliphatic rings. The first-order chi connectivity index (χ1) is 10.5. The molecule has 0 spiro atoms. The summed E-state index contributed by atoms with van der Waals surface area (Å²) in [7, 11) is 2.97. The molecule has 1 aromatic rings. The predicted octanol–water partition coefficient (Wildman–Crippen LogP) is 0.394. The van der Waals surface area contributed by atoms with E-state index in [0.717, 1.165) is 16.7 Å². The Hall–Kier alpha value is -1.76. The maximum Gasteiger partial charge on any atom is 0.160 e. The number of aromatic hydroxyl groups is 1. The average Bonchev–Trinajstić information content (AvgIpc) is 2.49. The lowest BCUT2D eigenvalue weighted by molar-refractivity contribution is -0.00890. The van der Waals surface area contributed by atoms with Crippen LogP contribution in [0.25, 0.3) is 0 Å². The largest absolute Gasteiger partial charge is 0.504 e. The molecule has 0 saturated carbocycles. The Bertz CT molecular complexity index is 627. The van der Waals surface area contributed by atoms with Gasteiger partial charge in [0.05, 0.1) is 20.3 Å². The summed E-state index contributed by atoms with van der Waals surface area (Å²) in [6, 6.07) is 3.14. The van der Waals surface area contributed by atoms with Crippen LogP contribution < -0.4 is 10.5 Å². The number of hydrogen-bond acceptors (Lipinski definition) is 6. The quantitative estimate of drug-likeness (QED) is 0.630. The van der Waals surface area contributed by atoms with Crippen molar-refractivity contribution in [2.24, 2.45) is 5.73 Å². The number of phenols is 1. The number of benzene rings is 1. The second-order valence-electron chi connectivity index (χ2n) is 5.86. The van der Waals surface area contributed by atoms with Crippen LogP contribution in [0.1, 0.15) is 23.5 Å². The Labute approximate surface area is 128 Å². The van der Waals surface area contributed by atoms with Crippen LogP contribution in [0.15, 0.2) is 23.5 Å². The van der Waals surface area contributed by atoms with Gasteiger partial charge in [-0.3, -0.25) is 0 Å². The predicted molar refractivity (Wildman–Crippen MR) is 79.7 cm³/mol. The molecule has 0 aliphatic heterocycles. The lowest BCUT2D eigenvalue weighted by atomic mass is 9.69. The molecule has 0 bridgehead atoms. The molecule has 2 unspecified atom stereocenters. The number of nitrogens with two attached hydrogens (primary N) is 1. The molecule has 5 N–H and O–H groups in total. The van der Waals surface area contributed by atoms with Crippen molar-refractivity contribution in [3.05, 3.63) is 34.6 Å². The third-order valence-corrected chi connectivity index (χ3v) is 4.65. The second kappa shape index (κ2) is 5.46. The molecule has 6 nitrogen and oxygen atoms in total. The number of phenolic OH excluding ortho intramolecular Hbond substituents is 1. The number of aliphatic hydroxyl groups excluding tert-OH is 2. The Morgan fingerprint density at radius 1 is 1.18 bits per heavy atom. The van der Waals surface area contributed by atoms with E-state index in [9.17, 15) is 15.3 Å². The SMILES string of the molecule is COC1=C2C(N)Cc3cc(OC)c(O)cc3C2C[C@H](O)[C@@H]1O. The number of ether oxygens (including phenoxy) is 2. The molecular formula is C16H21NO5. The summed E-state index contributed by atoms with van der Waals surface area (Å²) in [6.45, 7) is 0. The molecule has 0 fully saturated rings. The molecule has 0 saturated heterocycles. The molecule has 0 amide bonds. The van der Waals surface area contributed by atoms with E-state index in [1.807, 2.05) is 0 Å². The van der Waals surface area contributed by atoms with Crippen LogP contribution in [0.5, 0.6) is 11.5 Å². The van der Waals surface area contributed by atoms with Crippen LogP contribution in [-0.4, -0.2) is 47.8 Å². The summed E-state index contributed by atoms with van der Waals surface area (Å²) in [6.07, 6.45) is -1.08. The van der Waals surface area contributed by atoms with Crippen molar-refractivity contribution in [2.45, 2.75) is 37.0 Å². The highest BCUT2D eigenvalue weighted by Crippen LogP contribution is 2.47. The highest BCUT2D eigenvalue weighted by Gasteiger charge is 2.42. The fourth-order valence-corrected chi connectivity index (χ4v) is 3.63. The van der Waals surface area contributed by atoms with Crippen molar-refractivity contribution in [3.8, 4) is 11.5 Å². The van der Waals surface area contributed by atoms with Crippen molar-refractivity contribution in [2.75, 3.05) is 14.2 Å². The molecule has 0 radical (unpaired) electrons. The van der Waals surface area contributed by atoms with Gasteiger partial charge in [0.2, 0.25) is 0 Å². The van der Waals surface area contributed by atoms with Gasteiger partial charge in [0.15, 0.2) is 11.5 Å². The van der Waals surface area contributed by atoms with Crippen molar-refractivity contribution in [3.63, 3.8) is 0 Å². The molecule has 22 heavy (non-hydrogen) atoms. The first-order valence-corrected chi connectivity index (χ1v) is 7.27. The summed E-state index contributed by atoms with van der Waals surface area (Å²) >= 11 is 0. The summed E-state index contributed by atoms with van der Waals surface area (Å²) in [5, 5.41) is 30.3. The van der Waals surface area contributed by atoms with E-state index >= 15 is 0 Å². The van der Waals surface area contributed by atoms with Crippen molar-refractivity contribution >= 4 is 0 Å². The van der Waals surface area contributed by atoms with Gasteiger partial charge in [0.25, 0.3) is 0 Å². The number of aliphatic hydroxyl groups is 2. The third-order valence-electron chi connectivity index (χ3n) is 4.65. The molecule has 0 heterocycles. The van der Waals surface area contributed by atoms with E-state index in [4.69, 9.17) is 15.2 Å². The van der Waals surface area contributed by atoms with Gasteiger partial charge >= 0.3 is 0 Å². The minimum absolute atomic E-state index is 0.0515. The van der Waals surface area contributed by atoms with Gasteiger partial charge in [-0.2, -0.15) is 0 Å². The van der Waals surface area contributed by atoms with E-state index in [1.165, 1.54) is 14.2 Å². The van der Waals surface area contributed by atoms with Gasteiger partial charge in [-0.1, -0.05) is 0 Å². The molecule has 120 valence electrons. The topological polar surface area (TPSA) is 105 Å². The highest BCUT2D eigenvalue weighted by atomic mass is 16.5. The second-order valence-corrected chi connectivity index (χ2v) is 5.86. The molecule has 2 aliphatic carbocycles. The summed E-state index contributed by atoms with van der Waals surface area (Å²) in [4.78, 5) is 0. The number of fused-ring (bicyclic) bond motifs is 3. The minimum Gasteiger partial charge on any atom is -0.504 e. The zero-order valence-corrected chi connectivity index (χ0v) is 12.6. The lowest BCUT2D eigenvalue weighted by Crippen LogP contribution is -2.44. The summed E-state index contributed by atoms with van der Waals surface area (Å²) < 4.78 is 10.5. The van der Waals surface area contributed by atoms with E-state index in [1.54, 1.807) is 12.1 Å². The lowest BCUT2D eigenvalue weighted by Gasteiger charge is -2.40. The molecule has 0 aromatic heterocycles. The van der Waals surface area contributed by atoms with Gasteiger partial charge in [-0.25, -0.2) is 0 Å². The van der Waals surface area contributed by atoms with Crippen molar-refractivity contribution in [1.29, 1.82) is 0 Å². The minimum atomic E-state index is -1.06. The Morgan fingerprint density at radius 2 is 1.91 bits per heavy atom. The van der Waals surface area contributed by atoms with Crippen LogP contribution in [0, 0.1) is 0 Å². The van der Waals surface area contributed by atoms with Crippen LogP contribution in [0.2, 0.25) is 0 Å². The van der Waals surface area contributed by atoms with Crippen LogP contribution in [0.3, 0.4) is 0 Å². The van der Waals surface area contributed by atoms with Gasteiger partial charge in [0, 0.05) is 12.0 Å². The fraction of sp³-hybridized carbons (Fsp3) is 0.500. The maximum absolute atomic E-state index is 10.1. The van der Waals surface area contributed by atoms with E-state index < -0.39 is 12.2 Å². The first kappa shape index (κ1) is 15.1. The van der Waals surface area contributed by atoms with Gasteiger partial charge in [0.1, 0.15) is 11.9 Å². The van der Waals surface area contributed by atoms with Crippen LogP contribution >= 0.6 is 0 Å². The molecule has 4 atom stereocenters. The number of methoxy groups -OCH3 is 2. The Morgan fingerprint density at radius 3 is 2.55 bits per heavy atom. The Balaban J connectivity index is 2.17. The molecule has 3 rings (SSSR count). The van der Waals surface area contributed by atoms with Gasteiger partial charge < -0.3 is 30.5 Å². The van der Waals surface area contributed by atoms with Crippen LogP contribution in [-0.2, 0) is 11.2 Å². The maximum atomic E-state index is 10.1.